The normalized spacial score (nSPS) is 18.2. The van der Waals surface area contributed by atoms with Crippen LogP contribution in [0.4, 0.5) is 18.9 Å². The summed E-state index contributed by atoms with van der Waals surface area (Å²) >= 11 is 0. The van der Waals surface area contributed by atoms with Gasteiger partial charge in [0, 0.05) is 37.0 Å². The summed E-state index contributed by atoms with van der Waals surface area (Å²) in [6.45, 7) is 2.90. The van der Waals surface area contributed by atoms with Crippen molar-refractivity contribution >= 4 is 17.6 Å². The van der Waals surface area contributed by atoms with Crippen LogP contribution in [0.5, 0.6) is 0 Å². The van der Waals surface area contributed by atoms with Crippen molar-refractivity contribution in [1.29, 1.82) is 0 Å². The maximum atomic E-state index is 13.4. The van der Waals surface area contributed by atoms with Crippen LogP contribution in [0.15, 0.2) is 36.0 Å². The predicted octanol–water partition coefficient (Wildman–Crippen LogP) is 3.90. The van der Waals surface area contributed by atoms with Crippen LogP contribution in [0.25, 0.3) is 5.69 Å². The van der Waals surface area contributed by atoms with Gasteiger partial charge in [-0.2, -0.15) is 18.3 Å². The standard InChI is InChI=1S/C21H20F3N3O4/c1-20(2)30-18(28)15(19(29)31-20)11-25-12-7-9-13(10-8-12)27-16-6-4-3-5-14(16)17(26-27)21(22,23)24/h7-11,25H,3-6H2,1-2H3. The average Bonchev–Trinajstić information content (AvgIpc) is 3.07. The van der Waals surface area contributed by atoms with Gasteiger partial charge >= 0.3 is 18.1 Å². The van der Waals surface area contributed by atoms with Gasteiger partial charge < -0.3 is 14.8 Å². The molecule has 10 heteroatoms. The highest BCUT2D eigenvalue weighted by Gasteiger charge is 2.40. The fourth-order valence-electron chi connectivity index (χ4n) is 3.67. The predicted molar refractivity (Wildman–Crippen MR) is 103 cm³/mol. The molecule has 7 nitrogen and oxygen atoms in total. The van der Waals surface area contributed by atoms with Gasteiger partial charge in [-0.25, -0.2) is 14.3 Å². The average molecular weight is 435 g/mol. The third-order valence-electron chi connectivity index (χ3n) is 5.06. The fourth-order valence-corrected chi connectivity index (χ4v) is 3.67. The van der Waals surface area contributed by atoms with Crippen LogP contribution in [0.3, 0.4) is 0 Å². The van der Waals surface area contributed by atoms with E-state index in [4.69, 9.17) is 9.47 Å². The topological polar surface area (TPSA) is 82.5 Å². The third kappa shape index (κ3) is 4.14. The first-order chi connectivity index (χ1) is 14.5. The number of fused-ring (bicyclic) bond motifs is 1. The van der Waals surface area contributed by atoms with Gasteiger partial charge in [0.05, 0.1) is 5.69 Å². The second-order valence-electron chi connectivity index (χ2n) is 7.82. The number of nitrogens with zero attached hydrogens (tertiary/aromatic N) is 2. The Morgan fingerprint density at radius 3 is 2.29 bits per heavy atom. The molecule has 2 heterocycles. The maximum absolute atomic E-state index is 13.4. The second-order valence-corrected chi connectivity index (χ2v) is 7.82. The highest BCUT2D eigenvalue weighted by molar-refractivity contribution is 6.15. The molecule has 2 aliphatic rings. The zero-order valence-corrected chi connectivity index (χ0v) is 16.9. The zero-order chi connectivity index (χ0) is 22.4. The molecule has 1 aliphatic heterocycles. The summed E-state index contributed by atoms with van der Waals surface area (Å²) in [5, 5.41) is 6.65. The number of halogens is 3. The largest absolute Gasteiger partial charge is 0.435 e. The molecule has 2 aromatic rings. The van der Waals surface area contributed by atoms with Crippen LogP contribution >= 0.6 is 0 Å². The van der Waals surface area contributed by atoms with Crippen LogP contribution < -0.4 is 5.32 Å². The van der Waals surface area contributed by atoms with Crippen molar-refractivity contribution in [3.63, 3.8) is 0 Å². The van der Waals surface area contributed by atoms with Crippen molar-refractivity contribution in [3.8, 4) is 5.69 Å². The summed E-state index contributed by atoms with van der Waals surface area (Å²) < 4.78 is 51.5. The Bertz CT molecular complexity index is 1050. The summed E-state index contributed by atoms with van der Waals surface area (Å²) in [5.74, 6) is -2.95. The molecule has 1 aliphatic carbocycles. The van der Waals surface area contributed by atoms with E-state index < -0.39 is 29.6 Å². The molecule has 0 atom stereocenters. The summed E-state index contributed by atoms with van der Waals surface area (Å²) in [4.78, 5) is 23.9. The first kappa shape index (κ1) is 21.0. The number of ether oxygens (including phenoxy) is 2. The van der Waals surface area contributed by atoms with Crippen molar-refractivity contribution in [2.24, 2.45) is 0 Å². The summed E-state index contributed by atoms with van der Waals surface area (Å²) in [6, 6.07) is 6.45. The van der Waals surface area contributed by atoms with Gasteiger partial charge in [0.15, 0.2) is 11.3 Å². The van der Waals surface area contributed by atoms with E-state index in [1.165, 1.54) is 24.7 Å². The lowest BCUT2D eigenvalue weighted by molar-refractivity contribution is -0.222. The van der Waals surface area contributed by atoms with Crippen molar-refractivity contribution in [2.75, 3.05) is 5.32 Å². The van der Waals surface area contributed by atoms with Crippen LogP contribution in [0, 0.1) is 0 Å². The van der Waals surface area contributed by atoms with E-state index in [0.717, 1.165) is 6.42 Å². The van der Waals surface area contributed by atoms with E-state index in [2.05, 4.69) is 10.4 Å². The zero-order valence-electron chi connectivity index (χ0n) is 16.9. The van der Waals surface area contributed by atoms with Gasteiger partial charge in [0.1, 0.15) is 0 Å². The Labute approximate surface area is 175 Å². The molecule has 0 saturated carbocycles. The molecule has 1 fully saturated rings. The monoisotopic (exact) mass is 435 g/mol. The SMILES string of the molecule is CC1(C)OC(=O)C(=CNc2ccc(-n3nc(C(F)(F)F)c4c3CCCC4)cc2)C(=O)O1. The van der Waals surface area contributed by atoms with Crippen LogP contribution in [0.1, 0.15) is 43.6 Å². The number of nitrogens with one attached hydrogen (secondary N) is 1. The van der Waals surface area contributed by atoms with Crippen molar-refractivity contribution < 1.29 is 32.2 Å². The maximum Gasteiger partial charge on any atom is 0.435 e. The molecule has 1 N–H and O–H groups in total. The van der Waals surface area contributed by atoms with Crippen LogP contribution in [-0.2, 0) is 38.1 Å². The number of hydrogen-bond donors (Lipinski definition) is 1. The molecule has 164 valence electrons. The molecule has 4 rings (SSSR count). The quantitative estimate of drug-likeness (QED) is 0.447. The number of cyclic esters (lactones) is 2. The number of carbonyl (C=O) groups is 2. The number of hydrogen-bond acceptors (Lipinski definition) is 6. The molecule has 0 bridgehead atoms. The van der Waals surface area contributed by atoms with Crippen LogP contribution in [0.2, 0.25) is 0 Å². The Kier molecular flexibility index (Phi) is 5.03. The minimum atomic E-state index is -4.50. The minimum Gasteiger partial charge on any atom is -0.419 e. The summed E-state index contributed by atoms with van der Waals surface area (Å²) in [6.07, 6.45) is -0.913. The van der Waals surface area contributed by atoms with Gasteiger partial charge in [-0.3, -0.25) is 0 Å². The summed E-state index contributed by atoms with van der Waals surface area (Å²) in [7, 11) is 0. The molecule has 0 radical (unpaired) electrons. The Morgan fingerprint density at radius 1 is 1.06 bits per heavy atom. The van der Waals surface area contributed by atoms with Crippen molar-refractivity contribution in [1.82, 2.24) is 9.78 Å². The molecule has 31 heavy (non-hydrogen) atoms. The van der Waals surface area contributed by atoms with Crippen molar-refractivity contribution in [2.45, 2.75) is 51.5 Å². The first-order valence-electron chi connectivity index (χ1n) is 9.77. The number of anilines is 1. The molecular formula is C21H20F3N3O4. The highest BCUT2D eigenvalue weighted by Crippen LogP contribution is 2.37. The first-order valence-corrected chi connectivity index (χ1v) is 9.77. The molecule has 1 aromatic heterocycles. The highest BCUT2D eigenvalue weighted by atomic mass is 19.4. The van der Waals surface area contributed by atoms with E-state index in [1.807, 2.05) is 0 Å². The van der Waals surface area contributed by atoms with E-state index in [1.54, 1.807) is 24.3 Å². The Balaban J connectivity index is 1.57. The van der Waals surface area contributed by atoms with Gasteiger partial charge in [-0.1, -0.05) is 0 Å². The second kappa shape index (κ2) is 7.44. The number of alkyl halides is 3. The van der Waals surface area contributed by atoms with Gasteiger partial charge in [0.25, 0.3) is 5.79 Å². The van der Waals surface area contributed by atoms with E-state index in [9.17, 15) is 22.8 Å². The molecular weight excluding hydrogens is 415 g/mol. The van der Waals surface area contributed by atoms with Gasteiger partial charge in [-0.05, 0) is 49.9 Å². The Hall–Kier alpha value is -3.30. The molecule has 1 aromatic carbocycles. The molecule has 0 amide bonds. The van der Waals surface area contributed by atoms with E-state index in [0.29, 0.717) is 36.3 Å². The minimum absolute atomic E-state index is 0.267. The smallest absolute Gasteiger partial charge is 0.419 e. The van der Waals surface area contributed by atoms with Gasteiger partial charge in [-0.15, -0.1) is 0 Å². The van der Waals surface area contributed by atoms with Crippen LogP contribution in [-0.4, -0.2) is 27.5 Å². The lowest BCUT2D eigenvalue weighted by Crippen LogP contribution is -2.42. The summed E-state index contributed by atoms with van der Waals surface area (Å²) in [5.41, 5.74) is 0.731. The number of benzene rings is 1. The Morgan fingerprint density at radius 2 is 1.68 bits per heavy atom. The number of carbonyl (C=O) groups excluding carboxylic acids is 2. The third-order valence-corrected chi connectivity index (χ3v) is 5.06. The number of rotatable bonds is 3. The number of esters is 2. The fraction of sp³-hybridized carbons (Fsp3) is 0.381. The molecule has 1 saturated heterocycles. The lowest BCUT2D eigenvalue weighted by Gasteiger charge is -2.29. The molecule has 0 unspecified atom stereocenters. The van der Waals surface area contributed by atoms with E-state index in [-0.39, 0.29) is 11.1 Å². The van der Waals surface area contributed by atoms with E-state index >= 15 is 0 Å². The number of aromatic nitrogens is 2. The van der Waals surface area contributed by atoms with Gasteiger partial charge in [0.2, 0.25) is 0 Å². The molecule has 0 spiro atoms. The van der Waals surface area contributed by atoms with Crippen molar-refractivity contribution in [3.05, 3.63) is 53.0 Å². The lowest BCUT2D eigenvalue weighted by atomic mass is 9.95.